The van der Waals surface area contributed by atoms with Crippen LogP contribution in [-0.4, -0.2) is 159 Å². The Morgan fingerprint density at radius 3 is 0.828 bits per heavy atom. The molecule has 30 nitrogen and oxygen atoms in total. The number of aliphatic carboxylic acids is 1. The summed E-state index contributed by atoms with van der Waals surface area (Å²) in [4.78, 5) is 66.2. The van der Waals surface area contributed by atoms with Gasteiger partial charge in [-0.25, -0.2) is 30.4 Å². The number of hydrogen-bond acceptors (Lipinski definition) is 23. The zero-order valence-corrected chi connectivity index (χ0v) is 62.6. The van der Waals surface area contributed by atoms with Crippen molar-refractivity contribution in [3.05, 3.63) is 17.5 Å². The van der Waals surface area contributed by atoms with E-state index in [2.05, 4.69) is 81.2 Å². The number of carbonyl (C=O) groups excluding carboxylic acids is 5. The van der Waals surface area contributed by atoms with Crippen LogP contribution in [0, 0.1) is 0 Å². The molecule has 3 aromatic heterocycles. The summed E-state index contributed by atoms with van der Waals surface area (Å²) in [6.07, 6.45) is 51.1. The Balaban J connectivity index is 0.00000137. The number of nitrogens with two attached hydrogens (primary N) is 1. The number of Topliss-reactive ketones (excluding diaryl/α,β-unsaturated/α-hetero) is 1. The fraction of sp³-hybridized carbons (Fsp3) is 0.864. The number of ketones is 1. The topological polar surface area (TPSA) is 457 Å². The highest BCUT2D eigenvalue weighted by Gasteiger charge is 2.17. The van der Waals surface area contributed by atoms with Gasteiger partial charge in [0.15, 0.2) is 17.5 Å². The first kappa shape index (κ1) is 93.0. The average molecular weight is 1470 g/mol. The van der Waals surface area contributed by atoms with Crippen molar-refractivity contribution >= 4 is 65.6 Å². The van der Waals surface area contributed by atoms with E-state index in [4.69, 9.17) is 5.11 Å². The molecular weight excluding hydrogens is 1340 g/mol. The van der Waals surface area contributed by atoms with Gasteiger partial charge in [0.2, 0.25) is 41.9 Å². The van der Waals surface area contributed by atoms with Crippen LogP contribution in [-0.2, 0) is 87.6 Å². The maximum absolute atomic E-state index is 11.8. The van der Waals surface area contributed by atoms with Gasteiger partial charge >= 0.3 is 17.9 Å². The Kier molecular flexibility index (Phi) is 60.3. The lowest BCUT2D eigenvalue weighted by Crippen LogP contribution is -2.32. The first-order valence-corrected chi connectivity index (χ1v) is 41.7. The molecule has 2 amide bonds. The first-order chi connectivity index (χ1) is 47.6. The van der Waals surface area contributed by atoms with Crippen LogP contribution >= 0.6 is 0 Å². The Morgan fingerprint density at radius 1 is 0.354 bits per heavy atom. The highest BCUT2D eigenvalue weighted by Crippen LogP contribution is 2.17. The van der Waals surface area contributed by atoms with Crippen molar-refractivity contribution in [2.45, 2.75) is 334 Å². The van der Waals surface area contributed by atoms with Crippen LogP contribution < -0.4 is 14.6 Å². The number of carbonyl (C=O) groups is 6. The maximum Gasteiger partial charge on any atom is 0.305 e. The van der Waals surface area contributed by atoms with Gasteiger partial charge in [0.25, 0.3) is 0 Å². The normalized spacial score (nSPS) is 11.3. The summed E-state index contributed by atoms with van der Waals surface area (Å²) in [6, 6.07) is 0. The summed E-state index contributed by atoms with van der Waals surface area (Å²) in [6.45, 7) is 1.69. The number of amides is 2. The van der Waals surface area contributed by atoms with Gasteiger partial charge in [0, 0.05) is 57.8 Å². The van der Waals surface area contributed by atoms with E-state index in [-0.39, 0.29) is 68.6 Å². The summed E-state index contributed by atoms with van der Waals surface area (Å²) in [5.41, 5.74) is 0. The van der Waals surface area contributed by atoms with Crippen molar-refractivity contribution in [2.24, 2.45) is 5.14 Å². The number of carboxylic acids is 1. The highest BCUT2D eigenvalue weighted by atomic mass is 32.2. The number of primary sulfonamides is 1. The third kappa shape index (κ3) is 68.9. The molecule has 0 spiro atoms. The zero-order valence-electron chi connectivity index (χ0n) is 60.2. The van der Waals surface area contributed by atoms with Gasteiger partial charge in [-0.3, -0.25) is 33.4 Å². The molecule has 0 unspecified atom stereocenters. The van der Waals surface area contributed by atoms with Gasteiger partial charge in [-0.15, -0.1) is 30.6 Å². The number of ether oxygens (including phenoxy) is 2. The quantitative estimate of drug-likeness (QED) is 0.0204. The Hall–Kier alpha value is -5.96. The van der Waals surface area contributed by atoms with Gasteiger partial charge in [-0.1, -0.05) is 228 Å². The third-order valence-corrected chi connectivity index (χ3v) is 19.7. The second-order valence-corrected chi connectivity index (χ2v) is 30.8. The van der Waals surface area contributed by atoms with E-state index >= 15 is 0 Å². The van der Waals surface area contributed by atoms with Gasteiger partial charge in [0.1, 0.15) is 5.78 Å². The fourth-order valence-corrected chi connectivity index (χ4v) is 13.2. The number of nitrogens with zero attached hydrogens (tertiary/aromatic N) is 9. The van der Waals surface area contributed by atoms with Crippen LogP contribution in [0.1, 0.15) is 333 Å². The molecule has 0 saturated carbocycles. The largest absolute Gasteiger partial charge is 0.481 e. The molecule has 3 aromatic rings. The smallest absolute Gasteiger partial charge is 0.305 e. The zero-order chi connectivity index (χ0) is 73.2. The first-order valence-electron chi connectivity index (χ1n) is 36.6. The average Bonchev–Trinajstić information content (AvgIpc) is 2.55. The molecule has 0 atom stereocenters. The predicted octanol–water partition coefficient (Wildman–Crippen LogP) is 11.1. The molecule has 0 fully saturated rings. The van der Waals surface area contributed by atoms with Crippen LogP contribution in [0.3, 0.4) is 0 Å². The summed E-state index contributed by atoms with van der Waals surface area (Å²) in [5, 5.41) is 55.0. The van der Waals surface area contributed by atoms with Crippen molar-refractivity contribution in [1.29, 1.82) is 0 Å². The number of carboxylic acid groups (broad SMARTS) is 1. The number of H-pyrrole nitrogens is 3. The van der Waals surface area contributed by atoms with E-state index in [1.165, 1.54) is 194 Å². The number of esters is 2. The van der Waals surface area contributed by atoms with Gasteiger partial charge < -0.3 is 19.4 Å². The fourth-order valence-electron chi connectivity index (χ4n) is 10.5. The summed E-state index contributed by atoms with van der Waals surface area (Å²) in [7, 11) is -8.34. The summed E-state index contributed by atoms with van der Waals surface area (Å²) in [5.74, 6) is -0.903. The van der Waals surface area contributed by atoms with Crippen molar-refractivity contribution in [2.75, 3.05) is 31.5 Å². The SMILES string of the molecule is CC(=O)CCCCCCCCCCCCCCCc1nn[nH]n1.COC(=O)CCCS(=O)(=O)NC(=O)CCCCCCCCCCCCCCCc1nn[nH]n1.COC(=O)CCCS(N)(=O)=O.O=C(O)CCCS(=O)(=O)NC(=O)CCCCCCCCCCCCCCCc1nn[nH]n1. The summed E-state index contributed by atoms with van der Waals surface area (Å²) < 4.78 is 80.5. The van der Waals surface area contributed by atoms with Crippen molar-refractivity contribution in [3.63, 3.8) is 0 Å². The molecule has 0 aromatic carbocycles. The van der Waals surface area contributed by atoms with Gasteiger partial charge in [-0.2, -0.15) is 15.6 Å². The molecule has 8 N–H and O–H groups in total. The second-order valence-electron chi connectivity index (χ2n) is 25.4. The minimum Gasteiger partial charge on any atom is -0.481 e. The van der Waals surface area contributed by atoms with Crippen molar-refractivity contribution in [1.82, 2.24) is 71.3 Å². The van der Waals surface area contributed by atoms with E-state index in [0.717, 1.165) is 101 Å². The maximum atomic E-state index is 11.8. The lowest BCUT2D eigenvalue weighted by molar-refractivity contribution is -0.141. The molecule has 3 heterocycles. The molecule has 0 radical (unpaired) electrons. The van der Waals surface area contributed by atoms with E-state index in [0.29, 0.717) is 18.6 Å². The van der Waals surface area contributed by atoms with Crippen LogP contribution in [0.5, 0.6) is 0 Å². The number of hydrogen-bond donors (Lipinski definition) is 7. The molecule has 0 bridgehead atoms. The number of tetrazole rings is 3. The van der Waals surface area contributed by atoms with Gasteiger partial charge in [-0.05, 0) is 64.7 Å². The van der Waals surface area contributed by atoms with E-state index in [9.17, 15) is 54.0 Å². The van der Waals surface area contributed by atoms with Crippen LogP contribution in [0.25, 0.3) is 0 Å². The number of aromatic nitrogens is 12. The molecule has 33 heteroatoms. The number of unbranched alkanes of at least 4 members (excludes halogenated alkanes) is 36. The number of nitrogens with one attached hydrogen (secondary N) is 5. The van der Waals surface area contributed by atoms with Gasteiger partial charge in [0.05, 0.1) is 31.5 Å². The lowest BCUT2D eigenvalue weighted by atomic mass is 10.0. The second kappa shape index (κ2) is 64.2. The van der Waals surface area contributed by atoms with Crippen LogP contribution in [0.2, 0.25) is 0 Å². The van der Waals surface area contributed by atoms with Crippen LogP contribution in [0.15, 0.2) is 0 Å². The number of rotatable bonds is 62. The minimum atomic E-state index is -3.73. The molecule has 3 rings (SSSR count). The standard InChI is InChI=1S/C22H41N5O5S.C21H39N5O5S.C18H34N4O.C5H11NO4S/c1-32-22(29)18-15-19-33(30,31)25-21(28)17-14-12-10-8-6-4-2-3-5-7-9-11-13-16-20-23-26-27-24-20;27-20(24-32(30,31)18-14-17-21(28)29)16-13-11-9-7-5-3-1-2-4-6-8-10-12-15-19-22-25-26-23-19;1-17(23)15-13-11-9-7-5-3-2-4-6-8-10-12-14-16-18-19-21-22-20-18;1-10-5(7)3-2-4-11(6,8)9/h2-19H2,1H3,(H,25,28)(H,23,24,26,27);1-18H2,(H,24,27)(H,28,29)(H,22,23,25,26);2-16H2,1H3,(H,19,20,21,22);2-4H2,1H3,(H2,6,8,9). The number of sulfonamides is 3. The Bertz CT molecular complexity index is 2790. The summed E-state index contributed by atoms with van der Waals surface area (Å²) >= 11 is 0. The Morgan fingerprint density at radius 2 is 0.596 bits per heavy atom. The molecular formula is C66H125N15O15S3. The number of aryl methyl sites for hydroxylation is 3. The van der Waals surface area contributed by atoms with Crippen LogP contribution in [0.4, 0.5) is 0 Å². The van der Waals surface area contributed by atoms with E-state index < -0.39 is 59.8 Å². The van der Waals surface area contributed by atoms with E-state index in [1.54, 1.807) is 6.92 Å². The third-order valence-electron chi connectivity index (χ3n) is 16.1. The molecule has 0 aliphatic rings. The molecule has 0 saturated heterocycles. The van der Waals surface area contributed by atoms with E-state index in [1.807, 2.05) is 4.72 Å². The molecule has 0 aliphatic carbocycles. The van der Waals surface area contributed by atoms with Crippen molar-refractivity contribution in [3.8, 4) is 0 Å². The molecule has 99 heavy (non-hydrogen) atoms. The molecule has 0 aliphatic heterocycles. The predicted molar refractivity (Wildman–Crippen MR) is 379 cm³/mol. The highest BCUT2D eigenvalue weighted by molar-refractivity contribution is 7.90. The lowest BCUT2D eigenvalue weighted by Gasteiger charge is -2.07. The van der Waals surface area contributed by atoms with Crippen molar-refractivity contribution < 1.29 is 68.6 Å². The Labute approximate surface area is 591 Å². The molecule has 572 valence electrons. The number of methoxy groups -OCH3 is 2. The monoisotopic (exact) mass is 1460 g/mol. The minimum absolute atomic E-state index is 0.000550. The number of aromatic amines is 3.